The van der Waals surface area contributed by atoms with Gasteiger partial charge >= 0.3 is 0 Å². The van der Waals surface area contributed by atoms with Gasteiger partial charge in [-0.15, -0.1) is 0 Å². The molecule has 14 heavy (non-hydrogen) atoms. The van der Waals surface area contributed by atoms with Gasteiger partial charge in [0.25, 0.3) is 0 Å². The van der Waals surface area contributed by atoms with Crippen molar-refractivity contribution in [3.05, 3.63) is 66.7 Å². The van der Waals surface area contributed by atoms with Crippen LogP contribution in [0.2, 0.25) is 0 Å². The van der Waals surface area contributed by atoms with E-state index in [2.05, 4.69) is 10.6 Å². The SMILES string of the molecule is C1=CN/C(=C\Nc2ccccc2)C=C1. The van der Waals surface area contributed by atoms with Gasteiger partial charge in [-0.25, -0.2) is 0 Å². The summed E-state index contributed by atoms with van der Waals surface area (Å²) in [5.74, 6) is 0. The second kappa shape index (κ2) is 4.33. The molecular formula is C12H12N2. The molecule has 2 rings (SSSR count). The van der Waals surface area contributed by atoms with Crippen molar-refractivity contribution in [1.29, 1.82) is 0 Å². The number of rotatable bonds is 2. The van der Waals surface area contributed by atoms with Crippen molar-refractivity contribution >= 4 is 5.69 Å². The monoisotopic (exact) mass is 184 g/mol. The third-order valence-electron chi connectivity index (χ3n) is 1.90. The molecule has 1 aliphatic heterocycles. The van der Waals surface area contributed by atoms with Gasteiger partial charge in [0.15, 0.2) is 0 Å². The Hall–Kier alpha value is -1.96. The summed E-state index contributed by atoms with van der Waals surface area (Å²) in [6.45, 7) is 0. The van der Waals surface area contributed by atoms with E-state index in [9.17, 15) is 0 Å². The molecule has 1 heterocycles. The summed E-state index contributed by atoms with van der Waals surface area (Å²) >= 11 is 0. The minimum absolute atomic E-state index is 1.05. The predicted octanol–water partition coefficient (Wildman–Crippen LogP) is 2.61. The van der Waals surface area contributed by atoms with Gasteiger partial charge in [-0.05, 0) is 24.3 Å². The molecule has 0 saturated heterocycles. The molecule has 0 aromatic heterocycles. The summed E-state index contributed by atoms with van der Waals surface area (Å²) in [5.41, 5.74) is 2.14. The summed E-state index contributed by atoms with van der Waals surface area (Å²) in [6.07, 6.45) is 9.80. The van der Waals surface area contributed by atoms with E-state index in [1.54, 1.807) is 0 Å². The lowest BCUT2D eigenvalue weighted by Gasteiger charge is -2.06. The molecule has 1 aliphatic rings. The molecule has 0 saturated carbocycles. The first-order valence-corrected chi connectivity index (χ1v) is 4.57. The first-order valence-electron chi connectivity index (χ1n) is 4.57. The Morgan fingerprint density at radius 3 is 2.64 bits per heavy atom. The Balaban J connectivity index is 2.00. The van der Waals surface area contributed by atoms with Crippen molar-refractivity contribution in [2.75, 3.05) is 5.32 Å². The maximum atomic E-state index is 3.20. The lowest BCUT2D eigenvalue weighted by atomic mass is 10.3. The zero-order valence-electron chi connectivity index (χ0n) is 7.77. The van der Waals surface area contributed by atoms with Gasteiger partial charge in [-0.1, -0.05) is 24.3 Å². The van der Waals surface area contributed by atoms with E-state index in [1.165, 1.54) is 0 Å². The van der Waals surface area contributed by atoms with Crippen LogP contribution < -0.4 is 10.6 Å². The van der Waals surface area contributed by atoms with E-state index in [1.807, 2.05) is 61.0 Å². The number of anilines is 1. The Labute approximate surface area is 83.6 Å². The molecular weight excluding hydrogens is 172 g/mol. The average Bonchev–Trinajstić information content (AvgIpc) is 2.29. The molecule has 70 valence electrons. The quantitative estimate of drug-likeness (QED) is 0.738. The Bertz CT molecular complexity index is 375. The van der Waals surface area contributed by atoms with Gasteiger partial charge < -0.3 is 10.6 Å². The second-order valence-electron chi connectivity index (χ2n) is 2.97. The molecule has 0 spiro atoms. The maximum Gasteiger partial charge on any atom is 0.0542 e. The number of hydrogen-bond donors (Lipinski definition) is 2. The van der Waals surface area contributed by atoms with E-state index in [4.69, 9.17) is 0 Å². The minimum atomic E-state index is 1.05. The van der Waals surface area contributed by atoms with Crippen LogP contribution in [0.1, 0.15) is 0 Å². The van der Waals surface area contributed by atoms with Crippen LogP contribution in [0.3, 0.4) is 0 Å². The highest BCUT2D eigenvalue weighted by molar-refractivity contribution is 5.46. The molecule has 0 unspecified atom stereocenters. The van der Waals surface area contributed by atoms with Gasteiger partial charge in [0.2, 0.25) is 0 Å². The molecule has 1 aromatic carbocycles. The first-order chi connectivity index (χ1) is 6.95. The van der Waals surface area contributed by atoms with Gasteiger partial charge in [-0.3, -0.25) is 0 Å². The molecule has 2 nitrogen and oxygen atoms in total. The standard InChI is InChI=1S/C12H12N2/c1-2-6-11(7-3-1)14-10-12-8-4-5-9-13-12/h1-10,13-14H/b12-10-. The third kappa shape index (κ3) is 2.26. The maximum absolute atomic E-state index is 3.20. The summed E-state index contributed by atoms with van der Waals surface area (Å²) in [7, 11) is 0. The highest BCUT2D eigenvalue weighted by Gasteiger charge is 1.91. The number of para-hydroxylation sites is 1. The number of dihydropyridines is 1. The van der Waals surface area contributed by atoms with Gasteiger partial charge in [0.05, 0.1) is 5.70 Å². The highest BCUT2D eigenvalue weighted by atomic mass is 14.9. The van der Waals surface area contributed by atoms with Crippen molar-refractivity contribution < 1.29 is 0 Å². The van der Waals surface area contributed by atoms with Crippen LogP contribution in [0.25, 0.3) is 0 Å². The molecule has 2 heteroatoms. The fourth-order valence-corrected chi connectivity index (χ4v) is 1.19. The van der Waals surface area contributed by atoms with E-state index in [0.717, 1.165) is 11.4 Å². The molecule has 0 amide bonds. The molecule has 0 atom stereocenters. The predicted molar refractivity (Wildman–Crippen MR) is 59.6 cm³/mol. The summed E-state index contributed by atoms with van der Waals surface area (Å²) < 4.78 is 0. The molecule has 0 radical (unpaired) electrons. The second-order valence-corrected chi connectivity index (χ2v) is 2.97. The van der Waals surface area contributed by atoms with Crippen LogP contribution in [0.4, 0.5) is 5.69 Å². The van der Waals surface area contributed by atoms with Crippen LogP contribution in [0.15, 0.2) is 66.7 Å². The Kier molecular flexibility index (Phi) is 2.67. The number of nitrogens with one attached hydrogen (secondary N) is 2. The lowest BCUT2D eigenvalue weighted by molar-refractivity contribution is 1.09. The van der Waals surface area contributed by atoms with Gasteiger partial charge in [0, 0.05) is 18.1 Å². The molecule has 2 N–H and O–H groups in total. The van der Waals surface area contributed by atoms with E-state index < -0.39 is 0 Å². The number of hydrogen-bond acceptors (Lipinski definition) is 2. The van der Waals surface area contributed by atoms with Crippen molar-refractivity contribution in [2.45, 2.75) is 0 Å². The molecule has 1 aromatic rings. The first kappa shape index (κ1) is 8.63. The van der Waals surface area contributed by atoms with E-state index >= 15 is 0 Å². The molecule has 0 bridgehead atoms. The van der Waals surface area contributed by atoms with Crippen LogP contribution in [-0.4, -0.2) is 0 Å². The van der Waals surface area contributed by atoms with Gasteiger partial charge in [0.1, 0.15) is 0 Å². The van der Waals surface area contributed by atoms with Crippen LogP contribution in [0.5, 0.6) is 0 Å². The summed E-state index contributed by atoms with van der Waals surface area (Å²) in [4.78, 5) is 0. The van der Waals surface area contributed by atoms with Crippen LogP contribution in [-0.2, 0) is 0 Å². The Morgan fingerprint density at radius 2 is 1.93 bits per heavy atom. The smallest absolute Gasteiger partial charge is 0.0542 e. The fourth-order valence-electron chi connectivity index (χ4n) is 1.19. The number of benzene rings is 1. The van der Waals surface area contributed by atoms with Crippen LogP contribution in [0, 0.1) is 0 Å². The highest BCUT2D eigenvalue weighted by Crippen LogP contribution is 2.06. The topological polar surface area (TPSA) is 24.1 Å². The largest absolute Gasteiger partial charge is 0.361 e. The van der Waals surface area contributed by atoms with Crippen molar-refractivity contribution in [3.63, 3.8) is 0 Å². The normalized spacial score (nSPS) is 16.7. The van der Waals surface area contributed by atoms with Crippen molar-refractivity contribution in [1.82, 2.24) is 5.32 Å². The lowest BCUT2D eigenvalue weighted by Crippen LogP contribution is -2.06. The van der Waals surface area contributed by atoms with Gasteiger partial charge in [-0.2, -0.15) is 0 Å². The number of allylic oxidation sites excluding steroid dienone is 3. The van der Waals surface area contributed by atoms with E-state index in [0.29, 0.717) is 0 Å². The summed E-state index contributed by atoms with van der Waals surface area (Å²) in [5, 5.41) is 6.33. The molecule has 0 fully saturated rings. The minimum Gasteiger partial charge on any atom is -0.361 e. The fraction of sp³-hybridized carbons (Fsp3) is 0. The Morgan fingerprint density at radius 1 is 1.07 bits per heavy atom. The summed E-state index contributed by atoms with van der Waals surface area (Å²) in [6, 6.07) is 10.1. The van der Waals surface area contributed by atoms with Crippen molar-refractivity contribution in [3.8, 4) is 0 Å². The zero-order valence-corrected chi connectivity index (χ0v) is 7.77. The van der Waals surface area contributed by atoms with Crippen LogP contribution >= 0.6 is 0 Å². The third-order valence-corrected chi connectivity index (χ3v) is 1.90. The average molecular weight is 184 g/mol. The van der Waals surface area contributed by atoms with E-state index in [-0.39, 0.29) is 0 Å². The van der Waals surface area contributed by atoms with Crippen molar-refractivity contribution in [2.24, 2.45) is 0 Å². The zero-order chi connectivity index (χ0) is 9.64. The molecule has 0 aliphatic carbocycles.